The van der Waals surface area contributed by atoms with Gasteiger partial charge in [-0.1, -0.05) is 0 Å². The van der Waals surface area contributed by atoms with Crippen molar-refractivity contribution in [1.29, 1.82) is 0 Å². The van der Waals surface area contributed by atoms with Crippen LogP contribution in [-0.4, -0.2) is 34.9 Å². The summed E-state index contributed by atoms with van der Waals surface area (Å²) < 4.78 is 1.94. The summed E-state index contributed by atoms with van der Waals surface area (Å²) in [6.45, 7) is 12.1. The first-order chi connectivity index (χ1) is 8.95. The van der Waals surface area contributed by atoms with Crippen molar-refractivity contribution in [3.8, 4) is 0 Å². The van der Waals surface area contributed by atoms with E-state index in [1.165, 1.54) is 11.3 Å². The van der Waals surface area contributed by atoms with Crippen molar-refractivity contribution < 1.29 is 0 Å². The SMILES string of the molecule is CCNC(=NCCc1c(C)nn(C)c1C)NC(C)C.I. The van der Waals surface area contributed by atoms with E-state index in [4.69, 9.17) is 0 Å². The second-order valence-electron chi connectivity index (χ2n) is 5.08. The van der Waals surface area contributed by atoms with Gasteiger partial charge in [0, 0.05) is 31.9 Å². The van der Waals surface area contributed by atoms with Crippen LogP contribution >= 0.6 is 24.0 Å². The standard InChI is InChI=1S/C14H27N5.HI/c1-7-15-14(17-10(2)3)16-9-8-13-11(4)18-19(6)12(13)5;/h10H,7-9H2,1-6H3,(H2,15,16,17);1H. The summed E-state index contributed by atoms with van der Waals surface area (Å²) in [4.78, 5) is 4.60. The molecule has 0 spiro atoms. The van der Waals surface area contributed by atoms with E-state index in [0.29, 0.717) is 6.04 Å². The predicted octanol–water partition coefficient (Wildman–Crippen LogP) is 2.16. The fraction of sp³-hybridized carbons (Fsp3) is 0.714. The minimum absolute atomic E-state index is 0. The number of aliphatic imine (C=N–C) groups is 1. The van der Waals surface area contributed by atoms with E-state index in [1.54, 1.807) is 0 Å². The Morgan fingerprint density at radius 1 is 1.35 bits per heavy atom. The highest BCUT2D eigenvalue weighted by Gasteiger charge is 2.08. The van der Waals surface area contributed by atoms with Gasteiger partial charge in [0.2, 0.25) is 0 Å². The number of halogens is 1. The van der Waals surface area contributed by atoms with E-state index in [-0.39, 0.29) is 24.0 Å². The Morgan fingerprint density at radius 3 is 2.45 bits per heavy atom. The molecular weight excluding hydrogens is 365 g/mol. The van der Waals surface area contributed by atoms with Crippen LogP contribution in [0.25, 0.3) is 0 Å². The molecule has 0 aliphatic rings. The molecule has 0 unspecified atom stereocenters. The lowest BCUT2D eigenvalue weighted by atomic mass is 10.1. The van der Waals surface area contributed by atoms with Gasteiger partial charge in [-0.25, -0.2) is 0 Å². The molecule has 116 valence electrons. The molecule has 0 radical (unpaired) electrons. The second kappa shape index (κ2) is 9.20. The van der Waals surface area contributed by atoms with Crippen molar-refractivity contribution in [1.82, 2.24) is 20.4 Å². The quantitative estimate of drug-likeness (QED) is 0.458. The van der Waals surface area contributed by atoms with Gasteiger partial charge in [-0.15, -0.1) is 24.0 Å². The van der Waals surface area contributed by atoms with Crippen molar-refractivity contribution in [3.63, 3.8) is 0 Å². The van der Waals surface area contributed by atoms with E-state index in [1.807, 2.05) is 11.7 Å². The van der Waals surface area contributed by atoms with Gasteiger partial charge < -0.3 is 10.6 Å². The maximum absolute atomic E-state index is 4.60. The fourth-order valence-corrected chi connectivity index (χ4v) is 2.05. The highest BCUT2D eigenvalue weighted by Crippen LogP contribution is 2.12. The van der Waals surface area contributed by atoms with Gasteiger partial charge in [0.25, 0.3) is 0 Å². The third-order valence-electron chi connectivity index (χ3n) is 3.06. The Hall–Kier alpha value is -0.790. The minimum Gasteiger partial charge on any atom is -0.357 e. The van der Waals surface area contributed by atoms with E-state index in [9.17, 15) is 0 Å². The van der Waals surface area contributed by atoms with Crippen molar-refractivity contribution in [2.75, 3.05) is 13.1 Å². The number of nitrogens with zero attached hydrogens (tertiary/aromatic N) is 3. The van der Waals surface area contributed by atoms with Gasteiger partial charge >= 0.3 is 0 Å². The van der Waals surface area contributed by atoms with Crippen molar-refractivity contribution in [2.24, 2.45) is 12.0 Å². The maximum atomic E-state index is 4.60. The molecule has 0 amide bonds. The van der Waals surface area contributed by atoms with E-state index in [2.05, 4.69) is 55.3 Å². The van der Waals surface area contributed by atoms with Crippen molar-refractivity contribution in [2.45, 2.75) is 47.1 Å². The number of guanidine groups is 1. The molecule has 6 heteroatoms. The van der Waals surface area contributed by atoms with Crippen LogP contribution in [0, 0.1) is 13.8 Å². The lowest BCUT2D eigenvalue weighted by Gasteiger charge is -2.13. The van der Waals surface area contributed by atoms with Gasteiger partial charge in [-0.2, -0.15) is 5.10 Å². The molecule has 5 nitrogen and oxygen atoms in total. The Bertz CT molecular complexity index is 437. The summed E-state index contributed by atoms with van der Waals surface area (Å²) in [6.07, 6.45) is 0.931. The summed E-state index contributed by atoms with van der Waals surface area (Å²) in [5.41, 5.74) is 3.65. The zero-order valence-corrected chi connectivity index (χ0v) is 15.8. The molecule has 2 N–H and O–H groups in total. The molecule has 20 heavy (non-hydrogen) atoms. The largest absolute Gasteiger partial charge is 0.357 e. The number of hydrogen-bond donors (Lipinski definition) is 2. The normalized spacial score (nSPS) is 11.4. The molecule has 0 aliphatic heterocycles. The first-order valence-electron chi connectivity index (χ1n) is 6.99. The van der Waals surface area contributed by atoms with Gasteiger partial charge in [-0.05, 0) is 46.6 Å². The van der Waals surface area contributed by atoms with Crippen molar-refractivity contribution in [3.05, 3.63) is 17.0 Å². The molecule has 0 aromatic carbocycles. The highest BCUT2D eigenvalue weighted by molar-refractivity contribution is 14.0. The molecule has 1 aromatic rings. The molecule has 0 atom stereocenters. The van der Waals surface area contributed by atoms with Gasteiger partial charge in [0.1, 0.15) is 0 Å². The number of hydrogen-bond acceptors (Lipinski definition) is 2. The maximum Gasteiger partial charge on any atom is 0.191 e. The monoisotopic (exact) mass is 393 g/mol. The van der Waals surface area contributed by atoms with Crippen LogP contribution in [0.3, 0.4) is 0 Å². The molecule has 0 aliphatic carbocycles. The first kappa shape index (κ1) is 19.2. The van der Waals surface area contributed by atoms with Crippen LogP contribution in [0.1, 0.15) is 37.7 Å². The third kappa shape index (κ3) is 5.68. The Kier molecular flexibility index (Phi) is 8.84. The molecule has 1 aromatic heterocycles. The van der Waals surface area contributed by atoms with E-state index >= 15 is 0 Å². The molecule has 0 bridgehead atoms. The number of aromatic nitrogens is 2. The highest BCUT2D eigenvalue weighted by atomic mass is 127. The summed E-state index contributed by atoms with van der Waals surface area (Å²) in [5, 5.41) is 11.0. The Morgan fingerprint density at radius 2 is 2.00 bits per heavy atom. The molecule has 1 rings (SSSR count). The summed E-state index contributed by atoms with van der Waals surface area (Å²) in [6, 6.07) is 0.389. The average molecular weight is 393 g/mol. The Labute approximate surface area is 139 Å². The molecular formula is C14H28IN5. The predicted molar refractivity (Wildman–Crippen MR) is 96.1 cm³/mol. The van der Waals surface area contributed by atoms with Crippen LogP contribution in [0.2, 0.25) is 0 Å². The summed E-state index contributed by atoms with van der Waals surface area (Å²) >= 11 is 0. The first-order valence-corrected chi connectivity index (χ1v) is 6.99. The van der Waals surface area contributed by atoms with Crippen molar-refractivity contribution >= 4 is 29.9 Å². The summed E-state index contributed by atoms with van der Waals surface area (Å²) in [5.74, 6) is 0.886. The molecule has 1 heterocycles. The second-order valence-corrected chi connectivity index (χ2v) is 5.08. The third-order valence-corrected chi connectivity index (χ3v) is 3.06. The lowest BCUT2D eigenvalue weighted by molar-refractivity contribution is 0.700. The van der Waals surface area contributed by atoms with E-state index < -0.39 is 0 Å². The zero-order valence-electron chi connectivity index (χ0n) is 13.4. The minimum atomic E-state index is 0. The number of rotatable bonds is 5. The molecule has 0 fully saturated rings. The van der Waals surface area contributed by atoms with Crippen LogP contribution in [0.15, 0.2) is 4.99 Å². The van der Waals surface area contributed by atoms with Crippen LogP contribution in [-0.2, 0) is 13.5 Å². The molecule has 0 saturated heterocycles. The topological polar surface area (TPSA) is 54.2 Å². The number of aryl methyl sites for hydroxylation is 2. The average Bonchev–Trinajstić information content (AvgIpc) is 2.55. The van der Waals surface area contributed by atoms with Gasteiger partial charge in [-0.3, -0.25) is 9.67 Å². The lowest BCUT2D eigenvalue weighted by Crippen LogP contribution is -2.41. The van der Waals surface area contributed by atoms with Gasteiger partial charge in [0.15, 0.2) is 5.96 Å². The van der Waals surface area contributed by atoms with Crippen LogP contribution in [0.4, 0.5) is 0 Å². The smallest absolute Gasteiger partial charge is 0.191 e. The van der Waals surface area contributed by atoms with Crippen LogP contribution in [0.5, 0.6) is 0 Å². The van der Waals surface area contributed by atoms with E-state index in [0.717, 1.165) is 31.2 Å². The Balaban J connectivity index is 0.00000361. The molecule has 0 saturated carbocycles. The fourth-order valence-electron chi connectivity index (χ4n) is 2.05. The zero-order chi connectivity index (χ0) is 14.4. The van der Waals surface area contributed by atoms with Gasteiger partial charge in [0.05, 0.1) is 5.69 Å². The van der Waals surface area contributed by atoms with Crippen LogP contribution < -0.4 is 10.6 Å². The summed E-state index contributed by atoms with van der Waals surface area (Å²) in [7, 11) is 1.99. The number of nitrogens with one attached hydrogen (secondary N) is 2.